The normalized spacial score (nSPS) is 15.2. The molecule has 76 valence electrons. The topological polar surface area (TPSA) is 0 Å². The van der Waals surface area contributed by atoms with Crippen molar-refractivity contribution < 1.29 is 0 Å². The third kappa shape index (κ3) is 2.46. The van der Waals surface area contributed by atoms with Crippen molar-refractivity contribution >= 4 is 23.4 Å². The van der Waals surface area contributed by atoms with Crippen LogP contribution in [0, 0.1) is 0 Å². The molecule has 1 aliphatic rings. The summed E-state index contributed by atoms with van der Waals surface area (Å²) in [5.74, 6) is 1.75. The Kier molecular flexibility index (Phi) is 3.77. The molecule has 1 aromatic rings. The predicted octanol–water partition coefficient (Wildman–Crippen LogP) is 3.90. The monoisotopic (exact) mass is 226 g/mol. The average Bonchev–Trinajstić information content (AvgIpc) is 2.26. The minimum absolute atomic E-state index is 0.738. The lowest BCUT2D eigenvalue weighted by atomic mass is 9.92. The second kappa shape index (κ2) is 5.09. The maximum Gasteiger partial charge on any atom is 0.0317 e. The van der Waals surface area contributed by atoms with Crippen LogP contribution in [0.2, 0.25) is 0 Å². The molecule has 0 nitrogen and oxygen atoms in total. The molecule has 0 saturated carbocycles. The summed E-state index contributed by atoms with van der Waals surface area (Å²) < 4.78 is 0. The third-order valence-electron chi connectivity index (χ3n) is 2.67. The van der Waals surface area contributed by atoms with Crippen LogP contribution < -0.4 is 0 Å². The van der Waals surface area contributed by atoms with E-state index in [9.17, 15) is 0 Å². The van der Waals surface area contributed by atoms with Crippen LogP contribution >= 0.6 is 23.4 Å². The summed E-state index contributed by atoms with van der Waals surface area (Å²) in [6.07, 6.45) is 5.26. The van der Waals surface area contributed by atoms with Crippen molar-refractivity contribution in [3.05, 3.63) is 29.3 Å². The van der Waals surface area contributed by atoms with E-state index in [1.54, 1.807) is 11.1 Å². The molecule has 0 N–H and O–H groups in total. The van der Waals surface area contributed by atoms with E-state index in [2.05, 4.69) is 18.2 Å². The van der Waals surface area contributed by atoms with Crippen LogP contribution in [0.1, 0.15) is 24.0 Å². The SMILES string of the molecule is ClCCSc1ccc2c(c1)CCCC2. The number of aryl methyl sites for hydroxylation is 2. The van der Waals surface area contributed by atoms with Crippen LogP contribution in [0.15, 0.2) is 23.1 Å². The summed E-state index contributed by atoms with van der Waals surface area (Å²) in [5, 5.41) is 0. The lowest BCUT2D eigenvalue weighted by molar-refractivity contribution is 0.683. The van der Waals surface area contributed by atoms with Gasteiger partial charge < -0.3 is 0 Å². The van der Waals surface area contributed by atoms with Gasteiger partial charge in [0, 0.05) is 16.5 Å². The van der Waals surface area contributed by atoms with E-state index in [1.807, 2.05) is 11.8 Å². The van der Waals surface area contributed by atoms with E-state index in [4.69, 9.17) is 11.6 Å². The van der Waals surface area contributed by atoms with Gasteiger partial charge in [0.2, 0.25) is 0 Å². The zero-order valence-electron chi connectivity index (χ0n) is 8.26. The lowest BCUT2D eigenvalue weighted by Gasteiger charge is -2.16. The molecule has 2 rings (SSSR count). The molecule has 0 saturated heterocycles. The number of halogens is 1. The van der Waals surface area contributed by atoms with Crippen molar-refractivity contribution in [1.82, 2.24) is 0 Å². The molecule has 14 heavy (non-hydrogen) atoms. The summed E-state index contributed by atoms with van der Waals surface area (Å²) in [6.45, 7) is 0. The molecule has 0 bridgehead atoms. The number of thioether (sulfide) groups is 1. The van der Waals surface area contributed by atoms with Gasteiger partial charge in [-0.1, -0.05) is 6.07 Å². The Morgan fingerprint density at radius 3 is 2.71 bits per heavy atom. The summed E-state index contributed by atoms with van der Waals surface area (Å²) in [4.78, 5) is 1.38. The zero-order valence-corrected chi connectivity index (χ0v) is 9.83. The van der Waals surface area contributed by atoms with Crippen molar-refractivity contribution in [2.24, 2.45) is 0 Å². The maximum absolute atomic E-state index is 5.67. The smallest absolute Gasteiger partial charge is 0.0317 e. The van der Waals surface area contributed by atoms with Crippen LogP contribution in [0.4, 0.5) is 0 Å². The molecule has 0 fully saturated rings. The van der Waals surface area contributed by atoms with Gasteiger partial charge >= 0.3 is 0 Å². The molecule has 0 radical (unpaired) electrons. The van der Waals surface area contributed by atoms with Gasteiger partial charge in [0.1, 0.15) is 0 Å². The van der Waals surface area contributed by atoms with Crippen LogP contribution in [-0.4, -0.2) is 11.6 Å². The summed E-state index contributed by atoms with van der Waals surface area (Å²) in [5.41, 5.74) is 3.13. The Morgan fingerprint density at radius 1 is 1.14 bits per heavy atom. The minimum Gasteiger partial charge on any atom is -0.126 e. The molecule has 0 atom stereocenters. The van der Waals surface area contributed by atoms with Crippen LogP contribution in [-0.2, 0) is 12.8 Å². The van der Waals surface area contributed by atoms with Gasteiger partial charge in [0.15, 0.2) is 0 Å². The first kappa shape index (κ1) is 10.4. The van der Waals surface area contributed by atoms with Gasteiger partial charge in [0.05, 0.1) is 0 Å². The number of hydrogen-bond donors (Lipinski definition) is 0. The fourth-order valence-corrected chi connectivity index (χ4v) is 2.89. The van der Waals surface area contributed by atoms with E-state index >= 15 is 0 Å². The van der Waals surface area contributed by atoms with Gasteiger partial charge in [-0.25, -0.2) is 0 Å². The second-order valence-corrected chi connectivity index (χ2v) is 5.22. The first-order chi connectivity index (χ1) is 6.90. The van der Waals surface area contributed by atoms with E-state index in [-0.39, 0.29) is 0 Å². The molecule has 0 heterocycles. The second-order valence-electron chi connectivity index (χ2n) is 3.68. The highest BCUT2D eigenvalue weighted by Gasteiger charge is 2.09. The molecule has 1 aromatic carbocycles. The molecule has 0 unspecified atom stereocenters. The molecule has 2 heteroatoms. The first-order valence-corrected chi connectivity index (χ1v) is 6.73. The van der Waals surface area contributed by atoms with Crippen molar-refractivity contribution in [1.29, 1.82) is 0 Å². The van der Waals surface area contributed by atoms with Crippen molar-refractivity contribution in [3.63, 3.8) is 0 Å². The maximum atomic E-state index is 5.67. The molecular weight excluding hydrogens is 212 g/mol. The van der Waals surface area contributed by atoms with Gasteiger partial charge in [0.25, 0.3) is 0 Å². The fourth-order valence-electron chi connectivity index (χ4n) is 1.96. The van der Waals surface area contributed by atoms with Crippen LogP contribution in [0.3, 0.4) is 0 Å². The molecule has 0 aliphatic heterocycles. The lowest BCUT2D eigenvalue weighted by Crippen LogP contribution is -2.02. The molecule has 0 amide bonds. The Morgan fingerprint density at radius 2 is 1.93 bits per heavy atom. The van der Waals surface area contributed by atoms with E-state index in [1.165, 1.54) is 30.6 Å². The van der Waals surface area contributed by atoms with E-state index in [0.717, 1.165) is 11.6 Å². The summed E-state index contributed by atoms with van der Waals surface area (Å²) in [6, 6.07) is 6.89. The fraction of sp³-hybridized carbons (Fsp3) is 0.500. The first-order valence-electron chi connectivity index (χ1n) is 5.21. The summed E-state index contributed by atoms with van der Waals surface area (Å²) in [7, 11) is 0. The highest BCUT2D eigenvalue weighted by Crippen LogP contribution is 2.26. The minimum atomic E-state index is 0.738. The molecule has 0 aromatic heterocycles. The predicted molar refractivity (Wildman–Crippen MR) is 64.5 cm³/mol. The quantitative estimate of drug-likeness (QED) is 0.557. The Labute approximate surface area is 95.0 Å². The van der Waals surface area contributed by atoms with Crippen molar-refractivity contribution in [2.75, 3.05) is 11.6 Å². The van der Waals surface area contributed by atoms with Crippen molar-refractivity contribution in [2.45, 2.75) is 30.6 Å². The van der Waals surface area contributed by atoms with Gasteiger partial charge in [-0.3, -0.25) is 0 Å². The number of alkyl halides is 1. The number of hydrogen-bond acceptors (Lipinski definition) is 1. The number of benzene rings is 1. The van der Waals surface area contributed by atoms with E-state index in [0.29, 0.717) is 0 Å². The number of rotatable bonds is 3. The average molecular weight is 227 g/mol. The molecular formula is C12H15ClS. The van der Waals surface area contributed by atoms with Gasteiger partial charge in [-0.15, -0.1) is 23.4 Å². The molecule has 0 spiro atoms. The van der Waals surface area contributed by atoms with Gasteiger partial charge in [-0.05, 0) is 48.9 Å². The van der Waals surface area contributed by atoms with Crippen LogP contribution in [0.25, 0.3) is 0 Å². The molecule has 1 aliphatic carbocycles. The van der Waals surface area contributed by atoms with E-state index < -0.39 is 0 Å². The highest BCUT2D eigenvalue weighted by atomic mass is 35.5. The Hall–Kier alpha value is -0.140. The van der Waals surface area contributed by atoms with Crippen molar-refractivity contribution in [3.8, 4) is 0 Å². The van der Waals surface area contributed by atoms with Crippen LogP contribution in [0.5, 0.6) is 0 Å². The Bertz CT molecular complexity index is 309. The zero-order chi connectivity index (χ0) is 9.80. The number of fused-ring (bicyclic) bond motifs is 1. The largest absolute Gasteiger partial charge is 0.126 e. The summed E-state index contributed by atoms with van der Waals surface area (Å²) >= 11 is 7.54. The third-order valence-corrected chi connectivity index (χ3v) is 4.07. The Balaban J connectivity index is 2.12. The van der Waals surface area contributed by atoms with Gasteiger partial charge in [-0.2, -0.15) is 0 Å². The highest BCUT2D eigenvalue weighted by molar-refractivity contribution is 7.99. The standard InChI is InChI=1S/C12H15ClS/c13-7-8-14-12-6-5-10-3-1-2-4-11(10)9-12/h5-6,9H,1-4,7-8H2.